The summed E-state index contributed by atoms with van der Waals surface area (Å²) in [5, 5.41) is 0. The molecule has 6 heteroatoms. The predicted molar refractivity (Wildman–Crippen MR) is 75.0 cm³/mol. The van der Waals surface area contributed by atoms with Crippen molar-refractivity contribution >= 4 is 17.5 Å². The fraction of sp³-hybridized carbons (Fsp3) is 0.429. The van der Waals surface area contributed by atoms with Crippen molar-refractivity contribution in [1.29, 1.82) is 0 Å². The number of nitrogens with zero attached hydrogens (tertiary/aromatic N) is 1. The van der Waals surface area contributed by atoms with E-state index in [1.807, 2.05) is 38.1 Å². The Bertz CT molecular complexity index is 516. The highest BCUT2D eigenvalue weighted by atomic mass is 16.5. The molecule has 1 aromatic rings. The lowest BCUT2D eigenvalue weighted by Gasteiger charge is -2.21. The topological polar surface area (TPSA) is 84.7 Å². The van der Waals surface area contributed by atoms with Gasteiger partial charge in [-0.15, -0.1) is 0 Å². The Morgan fingerprint density at radius 1 is 1.45 bits per heavy atom. The van der Waals surface area contributed by atoms with Crippen LogP contribution in [-0.4, -0.2) is 24.5 Å². The number of hydrogen-bond donors (Lipinski definition) is 2. The van der Waals surface area contributed by atoms with Gasteiger partial charge in [0.15, 0.2) is 0 Å². The Morgan fingerprint density at radius 3 is 2.80 bits per heavy atom. The number of carbonyl (C=O) groups excluding carboxylic acids is 2. The Hall–Kier alpha value is -2.08. The van der Waals surface area contributed by atoms with E-state index >= 15 is 0 Å². The second-order valence-corrected chi connectivity index (χ2v) is 5.05. The fourth-order valence-corrected chi connectivity index (χ4v) is 2.27. The van der Waals surface area contributed by atoms with Crippen LogP contribution in [0.5, 0.6) is 5.75 Å². The van der Waals surface area contributed by atoms with Crippen LogP contribution in [0.15, 0.2) is 24.3 Å². The second-order valence-electron chi connectivity index (χ2n) is 5.05. The van der Waals surface area contributed by atoms with Gasteiger partial charge >= 0.3 is 0 Å². The zero-order chi connectivity index (χ0) is 14.7. The lowest BCUT2D eigenvalue weighted by atomic mass is 10.1. The standard InChI is InChI=1S/C14H19N3O3/c1-9(2)20-12-6-4-3-5-11(12)17-8-10(7-13(17)18)14(19)16-15/h3-6,9-10H,7-8,15H2,1-2H3,(H,16,19). The molecule has 0 bridgehead atoms. The number of hydrazine groups is 1. The van der Waals surface area contributed by atoms with Crippen molar-refractivity contribution in [2.24, 2.45) is 11.8 Å². The number of nitrogens with two attached hydrogens (primary N) is 1. The van der Waals surface area contributed by atoms with E-state index in [4.69, 9.17) is 10.6 Å². The van der Waals surface area contributed by atoms with Gasteiger partial charge in [-0.3, -0.25) is 15.0 Å². The molecule has 0 aliphatic carbocycles. The van der Waals surface area contributed by atoms with Gasteiger partial charge in [-0.2, -0.15) is 0 Å². The van der Waals surface area contributed by atoms with Gasteiger partial charge in [0, 0.05) is 13.0 Å². The highest BCUT2D eigenvalue weighted by Crippen LogP contribution is 2.33. The van der Waals surface area contributed by atoms with Gasteiger partial charge in [-0.25, -0.2) is 5.84 Å². The third-order valence-electron chi connectivity index (χ3n) is 3.16. The maximum Gasteiger partial charge on any atom is 0.239 e. The van der Waals surface area contributed by atoms with Crippen LogP contribution in [0.4, 0.5) is 5.69 Å². The van der Waals surface area contributed by atoms with E-state index in [1.54, 1.807) is 4.90 Å². The zero-order valence-electron chi connectivity index (χ0n) is 11.6. The molecule has 1 saturated heterocycles. The van der Waals surface area contributed by atoms with E-state index in [2.05, 4.69) is 5.43 Å². The zero-order valence-corrected chi connectivity index (χ0v) is 11.6. The lowest BCUT2D eigenvalue weighted by Crippen LogP contribution is -2.37. The molecule has 1 atom stereocenters. The van der Waals surface area contributed by atoms with Crippen LogP contribution in [-0.2, 0) is 9.59 Å². The second kappa shape index (κ2) is 5.92. The number of para-hydroxylation sites is 2. The van der Waals surface area contributed by atoms with Crippen molar-refractivity contribution in [3.05, 3.63) is 24.3 Å². The first kappa shape index (κ1) is 14.3. The van der Waals surface area contributed by atoms with Crippen molar-refractivity contribution < 1.29 is 14.3 Å². The number of nitrogens with one attached hydrogen (secondary N) is 1. The number of ether oxygens (including phenoxy) is 1. The van der Waals surface area contributed by atoms with Crippen molar-refractivity contribution in [3.8, 4) is 5.75 Å². The molecule has 0 aromatic heterocycles. The summed E-state index contributed by atoms with van der Waals surface area (Å²) >= 11 is 0. The smallest absolute Gasteiger partial charge is 0.239 e. The molecule has 20 heavy (non-hydrogen) atoms. The molecule has 1 aromatic carbocycles. The summed E-state index contributed by atoms with van der Waals surface area (Å²) in [5.41, 5.74) is 2.79. The summed E-state index contributed by atoms with van der Waals surface area (Å²) in [6.45, 7) is 4.17. The number of rotatable bonds is 4. The molecule has 6 nitrogen and oxygen atoms in total. The van der Waals surface area contributed by atoms with Crippen LogP contribution in [0.25, 0.3) is 0 Å². The number of hydrogen-bond acceptors (Lipinski definition) is 4. The molecule has 1 aliphatic rings. The van der Waals surface area contributed by atoms with Crippen LogP contribution in [0, 0.1) is 5.92 Å². The molecule has 3 N–H and O–H groups in total. The van der Waals surface area contributed by atoms with Gasteiger partial charge in [0.05, 0.1) is 17.7 Å². The maximum atomic E-state index is 12.1. The quantitative estimate of drug-likeness (QED) is 0.485. The van der Waals surface area contributed by atoms with Crippen molar-refractivity contribution in [2.45, 2.75) is 26.4 Å². The van der Waals surface area contributed by atoms with Crippen LogP contribution in [0.2, 0.25) is 0 Å². The number of anilines is 1. The molecule has 108 valence electrons. The number of benzene rings is 1. The van der Waals surface area contributed by atoms with Crippen molar-refractivity contribution in [2.75, 3.05) is 11.4 Å². The SMILES string of the molecule is CC(C)Oc1ccccc1N1CC(C(=O)NN)CC1=O. The number of amides is 2. The Morgan fingerprint density at radius 2 is 2.15 bits per heavy atom. The summed E-state index contributed by atoms with van der Waals surface area (Å²) in [6, 6.07) is 7.33. The van der Waals surface area contributed by atoms with Crippen LogP contribution in [0.3, 0.4) is 0 Å². The van der Waals surface area contributed by atoms with Gasteiger partial charge in [-0.1, -0.05) is 12.1 Å². The molecular formula is C14H19N3O3. The molecule has 2 amide bonds. The molecule has 2 rings (SSSR count). The molecule has 0 spiro atoms. The monoisotopic (exact) mass is 277 g/mol. The van der Waals surface area contributed by atoms with E-state index < -0.39 is 5.92 Å². The normalized spacial score (nSPS) is 18.5. The van der Waals surface area contributed by atoms with Crippen molar-refractivity contribution in [1.82, 2.24) is 5.43 Å². The van der Waals surface area contributed by atoms with Gasteiger partial charge < -0.3 is 9.64 Å². The molecule has 1 unspecified atom stereocenters. The van der Waals surface area contributed by atoms with E-state index in [9.17, 15) is 9.59 Å². The van der Waals surface area contributed by atoms with Crippen LogP contribution >= 0.6 is 0 Å². The fourth-order valence-electron chi connectivity index (χ4n) is 2.27. The first-order valence-electron chi connectivity index (χ1n) is 6.59. The minimum absolute atomic E-state index is 0.0111. The molecule has 0 saturated carbocycles. The maximum absolute atomic E-state index is 12.1. The van der Waals surface area contributed by atoms with E-state index in [0.717, 1.165) is 0 Å². The molecule has 1 aliphatic heterocycles. The highest BCUT2D eigenvalue weighted by molar-refractivity contribution is 6.01. The predicted octanol–water partition coefficient (Wildman–Crippen LogP) is 0.817. The summed E-state index contributed by atoms with van der Waals surface area (Å²) in [6.07, 6.45) is 0.177. The first-order valence-corrected chi connectivity index (χ1v) is 6.59. The molecule has 1 heterocycles. The average Bonchev–Trinajstić information content (AvgIpc) is 2.80. The van der Waals surface area contributed by atoms with Gasteiger partial charge in [0.2, 0.25) is 11.8 Å². The van der Waals surface area contributed by atoms with Crippen LogP contribution in [0.1, 0.15) is 20.3 Å². The van der Waals surface area contributed by atoms with E-state index in [-0.39, 0.29) is 24.3 Å². The number of carbonyl (C=O) groups is 2. The molecule has 0 radical (unpaired) electrons. The van der Waals surface area contributed by atoms with Crippen LogP contribution < -0.4 is 20.9 Å². The van der Waals surface area contributed by atoms with E-state index in [1.165, 1.54) is 0 Å². The minimum atomic E-state index is -0.417. The Balaban J connectivity index is 2.24. The van der Waals surface area contributed by atoms with Crippen molar-refractivity contribution in [3.63, 3.8) is 0 Å². The summed E-state index contributed by atoms with van der Waals surface area (Å²) in [5.74, 6) is 4.93. The summed E-state index contributed by atoms with van der Waals surface area (Å²) < 4.78 is 5.71. The van der Waals surface area contributed by atoms with Gasteiger partial charge in [0.25, 0.3) is 0 Å². The first-order chi connectivity index (χ1) is 9.52. The molecule has 1 fully saturated rings. The van der Waals surface area contributed by atoms with E-state index in [0.29, 0.717) is 18.0 Å². The Kier molecular flexibility index (Phi) is 4.24. The lowest BCUT2D eigenvalue weighted by molar-refractivity contribution is -0.126. The summed E-state index contributed by atoms with van der Waals surface area (Å²) in [4.78, 5) is 25.2. The third kappa shape index (κ3) is 2.91. The van der Waals surface area contributed by atoms with Gasteiger partial charge in [-0.05, 0) is 26.0 Å². The highest BCUT2D eigenvalue weighted by Gasteiger charge is 2.36. The summed E-state index contributed by atoms with van der Waals surface area (Å²) in [7, 11) is 0. The van der Waals surface area contributed by atoms with Gasteiger partial charge in [0.1, 0.15) is 5.75 Å². The average molecular weight is 277 g/mol. The third-order valence-corrected chi connectivity index (χ3v) is 3.16. The largest absolute Gasteiger partial charge is 0.489 e. The Labute approximate surface area is 117 Å². The minimum Gasteiger partial charge on any atom is -0.489 e. The molecular weight excluding hydrogens is 258 g/mol.